The van der Waals surface area contributed by atoms with Gasteiger partial charge in [0.15, 0.2) is 0 Å². The van der Waals surface area contributed by atoms with Crippen molar-refractivity contribution in [3.8, 4) is 0 Å². The zero-order valence-corrected chi connectivity index (χ0v) is 10.8. The molecule has 0 radical (unpaired) electrons. The number of nitrogens with zero attached hydrogens (tertiary/aromatic N) is 1. The van der Waals surface area contributed by atoms with E-state index < -0.39 is 0 Å². The maximum Gasteiger partial charge on any atom is 0.138 e. The highest BCUT2D eigenvalue weighted by Crippen LogP contribution is 2.43. The Morgan fingerprint density at radius 2 is 2.24 bits per heavy atom. The molecule has 1 spiro atoms. The molecule has 0 aromatic carbocycles. The van der Waals surface area contributed by atoms with Crippen molar-refractivity contribution in [2.45, 2.75) is 57.1 Å². The number of carbonyl (C=O) groups is 1. The van der Waals surface area contributed by atoms with Crippen molar-refractivity contribution in [1.29, 1.82) is 0 Å². The largest absolute Gasteiger partial charge is 0.375 e. The van der Waals surface area contributed by atoms with Crippen LogP contribution in [0.25, 0.3) is 0 Å². The number of carbonyl (C=O) groups excluding carboxylic acids is 1. The van der Waals surface area contributed by atoms with Crippen molar-refractivity contribution in [2.75, 3.05) is 19.7 Å². The third kappa shape index (κ3) is 2.15. The summed E-state index contributed by atoms with van der Waals surface area (Å²) in [6, 6.07) is 0.666. The van der Waals surface area contributed by atoms with Gasteiger partial charge in [0, 0.05) is 38.1 Å². The molecule has 0 aromatic heterocycles. The van der Waals surface area contributed by atoms with Crippen LogP contribution in [0.15, 0.2) is 0 Å². The Labute approximate surface area is 104 Å². The minimum absolute atomic E-state index is 0.230. The van der Waals surface area contributed by atoms with E-state index in [9.17, 15) is 4.79 Å². The third-order valence-corrected chi connectivity index (χ3v) is 4.95. The number of rotatable bonds is 1. The average molecular weight is 237 g/mol. The molecular formula is C14H23NO2. The van der Waals surface area contributed by atoms with Gasteiger partial charge in [0.1, 0.15) is 5.78 Å². The average Bonchev–Trinajstić information content (AvgIpc) is 2.31. The molecule has 1 saturated carbocycles. The molecule has 2 saturated heterocycles. The van der Waals surface area contributed by atoms with Gasteiger partial charge in [0.2, 0.25) is 0 Å². The monoisotopic (exact) mass is 237 g/mol. The molecule has 2 atom stereocenters. The molecule has 2 aliphatic heterocycles. The maximum atomic E-state index is 11.6. The lowest BCUT2D eigenvalue weighted by atomic mass is 9.73. The summed E-state index contributed by atoms with van der Waals surface area (Å²) in [5.74, 6) is 0.690. The zero-order valence-electron chi connectivity index (χ0n) is 10.8. The smallest absolute Gasteiger partial charge is 0.138 e. The van der Waals surface area contributed by atoms with Gasteiger partial charge < -0.3 is 4.74 Å². The summed E-state index contributed by atoms with van der Waals surface area (Å²) < 4.78 is 5.98. The highest BCUT2D eigenvalue weighted by molar-refractivity contribution is 5.81. The van der Waals surface area contributed by atoms with Crippen LogP contribution in [0.2, 0.25) is 0 Å². The predicted molar refractivity (Wildman–Crippen MR) is 65.9 cm³/mol. The number of ether oxygens (including phenoxy) is 1. The summed E-state index contributed by atoms with van der Waals surface area (Å²) in [5.41, 5.74) is 0.230. The van der Waals surface area contributed by atoms with Crippen LogP contribution in [0.3, 0.4) is 0 Å². The van der Waals surface area contributed by atoms with Crippen LogP contribution in [-0.4, -0.2) is 42.0 Å². The maximum absolute atomic E-state index is 11.6. The lowest BCUT2D eigenvalue weighted by molar-refractivity contribution is -0.152. The van der Waals surface area contributed by atoms with Crippen LogP contribution in [0.4, 0.5) is 0 Å². The predicted octanol–water partition coefficient (Wildman–Crippen LogP) is 2.00. The van der Waals surface area contributed by atoms with Gasteiger partial charge >= 0.3 is 0 Å². The Bertz CT molecular complexity index is 311. The van der Waals surface area contributed by atoms with Crippen molar-refractivity contribution in [3.05, 3.63) is 0 Å². The molecule has 3 rings (SSSR count). The first-order chi connectivity index (χ1) is 8.19. The molecule has 3 nitrogen and oxygen atoms in total. The fourth-order valence-electron chi connectivity index (χ4n) is 3.61. The second kappa shape index (κ2) is 4.36. The number of ketones is 1. The molecule has 2 unspecified atom stereocenters. The van der Waals surface area contributed by atoms with Gasteiger partial charge in [-0.1, -0.05) is 6.92 Å². The van der Waals surface area contributed by atoms with Gasteiger partial charge in [0.25, 0.3) is 0 Å². The molecule has 3 aliphatic rings. The first kappa shape index (κ1) is 11.7. The number of piperidine rings is 1. The second-order valence-corrected chi connectivity index (χ2v) is 6.14. The number of hydrogen-bond donors (Lipinski definition) is 0. The lowest BCUT2D eigenvalue weighted by Gasteiger charge is -2.50. The molecule has 3 fully saturated rings. The molecule has 1 aliphatic carbocycles. The van der Waals surface area contributed by atoms with E-state index in [0.29, 0.717) is 11.8 Å². The summed E-state index contributed by atoms with van der Waals surface area (Å²) >= 11 is 0. The quantitative estimate of drug-likeness (QED) is 0.698. The van der Waals surface area contributed by atoms with E-state index in [2.05, 4.69) is 11.8 Å². The summed E-state index contributed by atoms with van der Waals surface area (Å²) in [7, 11) is 0. The Morgan fingerprint density at radius 3 is 2.88 bits per heavy atom. The van der Waals surface area contributed by atoms with Crippen LogP contribution < -0.4 is 0 Å². The van der Waals surface area contributed by atoms with E-state index in [1.807, 2.05) is 0 Å². The Balaban J connectivity index is 1.62. The molecule has 96 valence electrons. The van der Waals surface area contributed by atoms with Gasteiger partial charge in [-0.15, -0.1) is 0 Å². The molecule has 0 amide bonds. The molecular weight excluding hydrogens is 214 g/mol. The Hall–Kier alpha value is -0.410. The van der Waals surface area contributed by atoms with Gasteiger partial charge in [-0.2, -0.15) is 0 Å². The topological polar surface area (TPSA) is 29.5 Å². The van der Waals surface area contributed by atoms with E-state index in [1.165, 1.54) is 25.7 Å². The molecule has 0 N–H and O–H groups in total. The van der Waals surface area contributed by atoms with Crippen molar-refractivity contribution in [2.24, 2.45) is 5.92 Å². The van der Waals surface area contributed by atoms with Gasteiger partial charge in [-0.05, 0) is 32.1 Å². The highest BCUT2D eigenvalue weighted by Gasteiger charge is 2.44. The number of Topliss-reactive ketones (excluding diaryl/α,β-unsaturated/α-hetero) is 1. The first-order valence-electron chi connectivity index (χ1n) is 7.09. The Kier molecular flexibility index (Phi) is 2.99. The number of likely N-dealkylation sites (tertiary alicyclic amines) is 1. The number of hydrogen-bond acceptors (Lipinski definition) is 3. The van der Waals surface area contributed by atoms with E-state index in [0.717, 1.165) is 32.5 Å². The second-order valence-electron chi connectivity index (χ2n) is 6.14. The molecule has 3 heteroatoms. The zero-order chi connectivity index (χ0) is 11.9. The normalized spacial score (nSPS) is 38.1. The summed E-state index contributed by atoms with van der Waals surface area (Å²) in [5, 5.41) is 0. The van der Waals surface area contributed by atoms with Crippen molar-refractivity contribution in [1.82, 2.24) is 4.90 Å². The van der Waals surface area contributed by atoms with Crippen LogP contribution >= 0.6 is 0 Å². The minimum atomic E-state index is 0.230. The van der Waals surface area contributed by atoms with Crippen LogP contribution in [0.1, 0.15) is 45.4 Å². The SMILES string of the molecule is CC1CN(C2CCOC3(CCC3)C2)CCC1=O. The Morgan fingerprint density at radius 1 is 1.41 bits per heavy atom. The van der Waals surface area contributed by atoms with Crippen LogP contribution in [0.5, 0.6) is 0 Å². The van der Waals surface area contributed by atoms with Gasteiger partial charge in [0.05, 0.1) is 5.60 Å². The third-order valence-electron chi connectivity index (χ3n) is 4.95. The standard InChI is InChI=1S/C14H23NO2/c1-11-10-15(7-3-13(11)16)12-4-8-17-14(9-12)5-2-6-14/h11-12H,2-10H2,1H3. The van der Waals surface area contributed by atoms with Crippen molar-refractivity contribution in [3.63, 3.8) is 0 Å². The van der Waals surface area contributed by atoms with Crippen molar-refractivity contribution >= 4 is 5.78 Å². The van der Waals surface area contributed by atoms with E-state index >= 15 is 0 Å². The summed E-state index contributed by atoms with van der Waals surface area (Å²) in [6.07, 6.45) is 6.96. The first-order valence-corrected chi connectivity index (χ1v) is 7.09. The molecule has 2 heterocycles. The van der Waals surface area contributed by atoms with E-state index in [-0.39, 0.29) is 11.5 Å². The van der Waals surface area contributed by atoms with Gasteiger partial charge in [-0.25, -0.2) is 0 Å². The van der Waals surface area contributed by atoms with Gasteiger partial charge in [-0.3, -0.25) is 9.69 Å². The van der Waals surface area contributed by atoms with Crippen molar-refractivity contribution < 1.29 is 9.53 Å². The van der Waals surface area contributed by atoms with E-state index in [4.69, 9.17) is 4.74 Å². The summed E-state index contributed by atoms with van der Waals surface area (Å²) in [6.45, 7) is 4.94. The molecule has 0 aromatic rings. The highest BCUT2D eigenvalue weighted by atomic mass is 16.5. The van der Waals surface area contributed by atoms with Crippen LogP contribution in [-0.2, 0) is 9.53 Å². The van der Waals surface area contributed by atoms with E-state index in [1.54, 1.807) is 0 Å². The summed E-state index contributed by atoms with van der Waals surface area (Å²) in [4.78, 5) is 14.1. The molecule has 0 bridgehead atoms. The van der Waals surface area contributed by atoms with Crippen LogP contribution in [0, 0.1) is 5.92 Å². The fraction of sp³-hybridized carbons (Fsp3) is 0.929. The molecule has 17 heavy (non-hydrogen) atoms. The minimum Gasteiger partial charge on any atom is -0.375 e. The lowest BCUT2D eigenvalue weighted by Crippen LogP contribution is -2.54. The fourth-order valence-corrected chi connectivity index (χ4v) is 3.61.